The Hall–Kier alpha value is -1.50. The number of hydrogen-bond acceptors (Lipinski definition) is 4. The number of carbonyl (C=O) groups is 2. The molecule has 2 N–H and O–H groups in total. The molecular formula is C13H26N4O3. The quantitative estimate of drug-likeness (QED) is 0.763. The third-order valence-electron chi connectivity index (χ3n) is 3.03. The highest BCUT2D eigenvalue weighted by Crippen LogP contribution is 2.15. The van der Waals surface area contributed by atoms with E-state index in [0.29, 0.717) is 26.2 Å². The summed E-state index contributed by atoms with van der Waals surface area (Å²) in [7, 11) is 3.41. The first kappa shape index (κ1) is 16.6. The Morgan fingerprint density at radius 1 is 1.30 bits per heavy atom. The third-order valence-corrected chi connectivity index (χ3v) is 3.03. The standard InChI is InChI=1S/C13H26N4O3/c1-13(2,3)20-12(19)16-6-7-17(10(8-14)9-16)11(18)15(4)5/h10H,6-9,14H2,1-5H3. The van der Waals surface area contributed by atoms with Crippen molar-refractivity contribution >= 4 is 12.1 Å². The predicted molar refractivity (Wildman–Crippen MR) is 76.4 cm³/mol. The molecule has 1 fully saturated rings. The molecule has 3 amide bonds. The van der Waals surface area contributed by atoms with E-state index < -0.39 is 5.60 Å². The molecule has 0 aromatic heterocycles. The maximum Gasteiger partial charge on any atom is 0.410 e. The highest BCUT2D eigenvalue weighted by atomic mass is 16.6. The van der Waals surface area contributed by atoms with Crippen LogP contribution in [0.1, 0.15) is 20.8 Å². The van der Waals surface area contributed by atoms with Crippen molar-refractivity contribution in [1.29, 1.82) is 0 Å². The van der Waals surface area contributed by atoms with Crippen molar-refractivity contribution in [2.45, 2.75) is 32.4 Å². The number of rotatable bonds is 1. The minimum absolute atomic E-state index is 0.0794. The topological polar surface area (TPSA) is 79.1 Å². The second kappa shape index (κ2) is 6.30. The molecule has 0 saturated carbocycles. The van der Waals surface area contributed by atoms with Crippen LogP contribution in [-0.4, -0.2) is 78.7 Å². The van der Waals surface area contributed by atoms with Crippen LogP contribution < -0.4 is 5.73 Å². The molecule has 116 valence electrons. The molecule has 7 nitrogen and oxygen atoms in total. The Balaban J connectivity index is 2.68. The number of hydrogen-bond donors (Lipinski definition) is 1. The Kier molecular flexibility index (Phi) is 5.21. The van der Waals surface area contributed by atoms with Crippen LogP contribution in [0.3, 0.4) is 0 Å². The van der Waals surface area contributed by atoms with Crippen LogP contribution in [0.2, 0.25) is 0 Å². The number of carbonyl (C=O) groups excluding carboxylic acids is 2. The monoisotopic (exact) mass is 286 g/mol. The third kappa shape index (κ3) is 4.26. The zero-order valence-corrected chi connectivity index (χ0v) is 13.0. The van der Waals surface area contributed by atoms with E-state index in [4.69, 9.17) is 10.5 Å². The lowest BCUT2D eigenvalue weighted by atomic mass is 10.1. The SMILES string of the molecule is CN(C)C(=O)N1CCN(C(=O)OC(C)(C)C)CC1CN. The van der Waals surface area contributed by atoms with Crippen molar-refractivity contribution < 1.29 is 14.3 Å². The van der Waals surface area contributed by atoms with E-state index >= 15 is 0 Å². The van der Waals surface area contributed by atoms with Gasteiger partial charge in [-0.25, -0.2) is 9.59 Å². The first-order valence-corrected chi connectivity index (χ1v) is 6.81. The molecule has 20 heavy (non-hydrogen) atoms. The van der Waals surface area contributed by atoms with Crippen LogP contribution in [-0.2, 0) is 4.74 Å². The summed E-state index contributed by atoms with van der Waals surface area (Å²) in [6, 6.07) is -0.254. The number of piperazine rings is 1. The second-order valence-corrected chi connectivity index (χ2v) is 6.19. The smallest absolute Gasteiger partial charge is 0.410 e. The van der Waals surface area contributed by atoms with E-state index in [0.717, 1.165) is 0 Å². The minimum Gasteiger partial charge on any atom is -0.444 e. The van der Waals surface area contributed by atoms with Crippen LogP contribution in [0.4, 0.5) is 9.59 Å². The van der Waals surface area contributed by atoms with Crippen molar-refractivity contribution in [3.8, 4) is 0 Å². The van der Waals surface area contributed by atoms with Gasteiger partial charge in [-0.05, 0) is 20.8 Å². The molecule has 1 saturated heterocycles. The van der Waals surface area contributed by atoms with Crippen LogP contribution in [0.15, 0.2) is 0 Å². The van der Waals surface area contributed by atoms with E-state index in [1.54, 1.807) is 23.9 Å². The molecule has 0 aliphatic carbocycles. The van der Waals surface area contributed by atoms with Gasteiger partial charge in [0, 0.05) is 40.3 Å². The molecule has 0 spiro atoms. The molecule has 0 aromatic carbocycles. The first-order valence-electron chi connectivity index (χ1n) is 6.81. The largest absolute Gasteiger partial charge is 0.444 e. The van der Waals surface area contributed by atoms with Crippen LogP contribution in [0, 0.1) is 0 Å². The summed E-state index contributed by atoms with van der Waals surface area (Å²) in [4.78, 5) is 28.9. The zero-order chi connectivity index (χ0) is 15.5. The Labute approximate surface area is 120 Å². The lowest BCUT2D eigenvalue weighted by Crippen LogP contribution is -2.61. The molecule has 0 radical (unpaired) electrons. The Morgan fingerprint density at radius 2 is 1.90 bits per heavy atom. The van der Waals surface area contributed by atoms with Crippen molar-refractivity contribution in [2.24, 2.45) is 5.73 Å². The van der Waals surface area contributed by atoms with Gasteiger partial charge in [0.05, 0.1) is 6.04 Å². The fraction of sp³-hybridized carbons (Fsp3) is 0.846. The fourth-order valence-electron chi connectivity index (χ4n) is 2.06. The zero-order valence-electron chi connectivity index (χ0n) is 13.0. The highest BCUT2D eigenvalue weighted by Gasteiger charge is 2.34. The lowest BCUT2D eigenvalue weighted by molar-refractivity contribution is 0.00841. The highest BCUT2D eigenvalue weighted by molar-refractivity contribution is 5.75. The maximum atomic E-state index is 12.0. The number of nitrogens with two attached hydrogens (primary N) is 1. The number of nitrogens with zero attached hydrogens (tertiary/aromatic N) is 3. The van der Waals surface area contributed by atoms with Gasteiger partial charge in [0.25, 0.3) is 0 Å². The van der Waals surface area contributed by atoms with Gasteiger partial charge in [0.15, 0.2) is 0 Å². The molecule has 1 aliphatic heterocycles. The van der Waals surface area contributed by atoms with Gasteiger partial charge in [-0.15, -0.1) is 0 Å². The molecule has 1 atom stereocenters. The molecule has 0 aromatic rings. The van der Waals surface area contributed by atoms with Crippen LogP contribution >= 0.6 is 0 Å². The van der Waals surface area contributed by atoms with E-state index in [1.807, 2.05) is 20.8 Å². The molecule has 0 bridgehead atoms. The van der Waals surface area contributed by atoms with Gasteiger partial charge in [0.1, 0.15) is 5.60 Å². The van der Waals surface area contributed by atoms with Crippen molar-refractivity contribution in [3.05, 3.63) is 0 Å². The second-order valence-electron chi connectivity index (χ2n) is 6.19. The van der Waals surface area contributed by atoms with Gasteiger partial charge in [-0.2, -0.15) is 0 Å². The van der Waals surface area contributed by atoms with Gasteiger partial charge >= 0.3 is 12.1 Å². The summed E-state index contributed by atoms with van der Waals surface area (Å²) >= 11 is 0. The summed E-state index contributed by atoms with van der Waals surface area (Å²) in [6.07, 6.45) is -0.354. The summed E-state index contributed by atoms with van der Waals surface area (Å²) in [5.74, 6) is 0. The van der Waals surface area contributed by atoms with E-state index in [9.17, 15) is 9.59 Å². The van der Waals surface area contributed by atoms with Crippen molar-refractivity contribution in [2.75, 3.05) is 40.3 Å². The predicted octanol–water partition coefficient (Wildman–Crippen LogP) is 0.548. The first-order chi connectivity index (χ1) is 9.15. The van der Waals surface area contributed by atoms with Crippen LogP contribution in [0.5, 0.6) is 0 Å². The normalized spacial score (nSPS) is 19.8. The van der Waals surface area contributed by atoms with E-state index in [-0.39, 0.29) is 18.2 Å². The fourth-order valence-corrected chi connectivity index (χ4v) is 2.06. The van der Waals surface area contributed by atoms with Crippen molar-refractivity contribution in [3.63, 3.8) is 0 Å². The summed E-state index contributed by atoms with van der Waals surface area (Å²) in [6.45, 7) is 7.15. The maximum absolute atomic E-state index is 12.0. The molecule has 1 heterocycles. The average Bonchev–Trinajstić information content (AvgIpc) is 2.34. The van der Waals surface area contributed by atoms with E-state index in [1.165, 1.54) is 4.90 Å². The van der Waals surface area contributed by atoms with Crippen LogP contribution in [0.25, 0.3) is 0 Å². The summed E-state index contributed by atoms with van der Waals surface area (Å²) in [5, 5.41) is 0. The van der Waals surface area contributed by atoms with E-state index in [2.05, 4.69) is 0 Å². The molecule has 1 aliphatic rings. The number of amides is 3. The minimum atomic E-state index is -0.522. The molecule has 1 unspecified atom stereocenters. The van der Waals surface area contributed by atoms with Gasteiger partial charge in [-0.3, -0.25) is 0 Å². The molecule has 1 rings (SSSR count). The average molecular weight is 286 g/mol. The van der Waals surface area contributed by atoms with Crippen molar-refractivity contribution in [1.82, 2.24) is 14.7 Å². The molecule has 7 heteroatoms. The molecular weight excluding hydrogens is 260 g/mol. The van der Waals surface area contributed by atoms with Gasteiger partial charge in [0.2, 0.25) is 0 Å². The summed E-state index contributed by atoms with van der Waals surface area (Å²) < 4.78 is 5.35. The van der Waals surface area contributed by atoms with Gasteiger partial charge in [-0.1, -0.05) is 0 Å². The number of urea groups is 1. The summed E-state index contributed by atoms with van der Waals surface area (Å²) in [5.41, 5.74) is 5.21. The van der Waals surface area contributed by atoms with Gasteiger partial charge < -0.3 is 25.2 Å². The number of ether oxygens (including phenoxy) is 1. The lowest BCUT2D eigenvalue weighted by Gasteiger charge is -2.42. The Morgan fingerprint density at radius 3 is 2.35 bits per heavy atom. The Bertz CT molecular complexity index is 365.